The maximum atomic E-state index is 12.5. The Morgan fingerprint density at radius 2 is 1.93 bits per heavy atom. The van der Waals surface area contributed by atoms with Gasteiger partial charge in [0.15, 0.2) is 6.61 Å². The normalized spacial score (nSPS) is 16.7. The number of para-hydroxylation sites is 1. The van der Waals surface area contributed by atoms with Crippen LogP contribution < -0.4 is 10.1 Å². The molecule has 0 aromatic heterocycles. The lowest BCUT2D eigenvalue weighted by Gasteiger charge is -2.31. The number of benzene rings is 2. The Balaban J connectivity index is 1.53. The van der Waals surface area contributed by atoms with Gasteiger partial charge in [-0.3, -0.25) is 9.59 Å². The largest absolute Gasteiger partial charge is 0.483 e. The predicted octanol–water partition coefficient (Wildman–Crippen LogP) is 2.87. The van der Waals surface area contributed by atoms with Crippen molar-refractivity contribution in [1.82, 2.24) is 4.90 Å². The topological polar surface area (TPSA) is 67.9 Å². The van der Waals surface area contributed by atoms with Crippen LogP contribution in [0.1, 0.15) is 22.8 Å². The van der Waals surface area contributed by atoms with E-state index in [-0.39, 0.29) is 24.5 Å². The molecule has 142 valence electrons. The molecule has 3 rings (SSSR count). The molecule has 0 saturated carbocycles. The molecule has 6 heteroatoms. The van der Waals surface area contributed by atoms with E-state index in [1.807, 2.05) is 38.1 Å². The fraction of sp³-hybridized carbons (Fsp3) is 0.333. The van der Waals surface area contributed by atoms with E-state index >= 15 is 0 Å². The molecular weight excluding hydrogens is 344 g/mol. The zero-order valence-electron chi connectivity index (χ0n) is 15.6. The average molecular weight is 368 g/mol. The van der Waals surface area contributed by atoms with Gasteiger partial charge in [0.05, 0.1) is 12.7 Å². The Kier molecular flexibility index (Phi) is 6.08. The molecule has 0 radical (unpaired) electrons. The minimum Gasteiger partial charge on any atom is -0.483 e. The van der Waals surface area contributed by atoms with Crippen molar-refractivity contribution in [1.29, 1.82) is 0 Å². The third-order valence-electron chi connectivity index (χ3n) is 4.40. The molecule has 1 fully saturated rings. The quantitative estimate of drug-likeness (QED) is 0.881. The number of rotatable bonds is 5. The van der Waals surface area contributed by atoms with Crippen LogP contribution in [0.5, 0.6) is 5.75 Å². The molecule has 1 aliphatic heterocycles. The zero-order chi connectivity index (χ0) is 19.2. The van der Waals surface area contributed by atoms with Crippen molar-refractivity contribution in [2.24, 2.45) is 0 Å². The summed E-state index contributed by atoms with van der Waals surface area (Å²) < 4.78 is 11.0. The number of carbonyl (C=O) groups is 2. The van der Waals surface area contributed by atoms with Gasteiger partial charge in [-0.25, -0.2) is 0 Å². The number of anilines is 1. The summed E-state index contributed by atoms with van der Waals surface area (Å²) in [6.07, 6.45) is 0.0505. The number of nitrogens with zero attached hydrogens (tertiary/aromatic N) is 1. The van der Waals surface area contributed by atoms with E-state index in [0.29, 0.717) is 36.7 Å². The first-order chi connectivity index (χ1) is 13.0. The molecule has 1 atom stereocenters. The Labute approximate surface area is 159 Å². The molecule has 1 N–H and O–H groups in total. The number of nitrogens with one attached hydrogen (secondary N) is 1. The molecule has 6 nitrogen and oxygen atoms in total. The predicted molar refractivity (Wildman–Crippen MR) is 103 cm³/mol. The van der Waals surface area contributed by atoms with E-state index < -0.39 is 0 Å². The van der Waals surface area contributed by atoms with E-state index in [9.17, 15) is 9.59 Å². The van der Waals surface area contributed by atoms with Gasteiger partial charge >= 0.3 is 0 Å². The van der Waals surface area contributed by atoms with E-state index in [2.05, 4.69) is 5.32 Å². The summed E-state index contributed by atoms with van der Waals surface area (Å²) in [5.74, 6) is 0.415. The molecule has 1 heterocycles. The third kappa shape index (κ3) is 5.08. The lowest BCUT2D eigenvalue weighted by atomic mass is 10.1. The van der Waals surface area contributed by atoms with Crippen LogP contribution in [0.25, 0.3) is 0 Å². The first-order valence-electron chi connectivity index (χ1n) is 9.02. The van der Waals surface area contributed by atoms with Crippen LogP contribution in [0.15, 0.2) is 48.5 Å². The van der Waals surface area contributed by atoms with Crippen LogP contribution in [0, 0.1) is 6.92 Å². The van der Waals surface area contributed by atoms with Crippen LogP contribution in [0.2, 0.25) is 0 Å². The molecule has 0 aliphatic carbocycles. The minimum absolute atomic E-state index is 0.0223. The Morgan fingerprint density at radius 3 is 2.63 bits per heavy atom. The van der Waals surface area contributed by atoms with E-state index in [1.54, 1.807) is 29.2 Å². The Bertz CT molecular complexity index is 804. The summed E-state index contributed by atoms with van der Waals surface area (Å²) >= 11 is 0. The van der Waals surface area contributed by atoms with Gasteiger partial charge in [0.2, 0.25) is 0 Å². The number of hydrogen-bond acceptors (Lipinski definition) is 4. The SMILES string of the molecule is Cc1ccccc1OCC(=O)Nc1ccc(C(=O)N2CCOC(C)C2)cc1. The van der Waals surface area contributed by atoms with Gasteiger partial charge in [0.1, 0.15) is 5.75 Å². The van der Waals surface area contributed by atoms with Crippen molar-refractivity contribution in [3.63, 3.8) is 0 Å². The van der Waals surface area contributed by atoms with E-state index in [4.69, 9.17) is 9.47 Å². The summed E-state index contributed by atoms with van der Waals surface area (Å²) in [7, 11) is 0. The van der Waals surface area contributed by atoms with Gasteiger partial charge in [-0.05, 0) is 49.7 Å². The fourth-order valence-electron chi connectivity index (χ4n) is 2.94. The van der Waals surface area contributed by atoms with Crippen molar-refractivity contribution in [2.75, 3.05) is 31.6 Å². The summed E-state index contributed by atoms with van der Waals surface area (Å²) in [5, 5.41) is 2.78. The molecule has 0 spiro atoms. The Morgan fingerprint density at radius 1 is 1.19 bits per heavy atom. The molecule has 27 heavy (non-hydrogen) atoms. The molecule has 1 saturated heterocycles. The standard InChI is InChI=1S/C21H24N2O4/c1-15-5-3-4-6-19(15)27-14-20(24)22-18-9-7-17(8-10-18)21(25)23-11-12-26-16(2)13-23/h3-10,16H,11-14H2,1-2H3,(H,22,24). The van der Waals surface area contributed by atoms with Gasteiger partial charge in [0, 0.05) is 24.3 Å². The number of hydrogen-bond donors (Lipinski definition) is 1. The van der Waals surface area contributed by atoms with Gasteiger partial charge in [-0.1, -0.05) is 18.2 Å². The number of ether oxygens (including phenoxy) is 2. The highest BCUT2D eigenvalue weighted by Gasteiger charge is 2.22. The number of morpholine rings is 1. The Hall–Kier alpha value is -2.86. The second-order valence-electron chi connectivity index (χ2n) is 6.61. The summed E-state index contributed by atoms with van der Waals surface area (Å²) in [4.78, 5) is 26.4. The maximum absolute atomic E-state index is 12.5. The molecule has 2 amide bonds. The van der Waals surface area contributed by atoms with Gasteiger partial charge in [-0.2, -0.15) is 0 Å². The highest BCUT2D eigenvalue weighted by Crippen LogP contribution is 2.17. The summed E-state index contributed by atoms with van der Waals surface area (Å²) in [6, 6.07) is 14.4. The lowest BCUT2D eigenvalue weighted by molar-refractivity contribution is -0.118. The van der Waals surface area contributed by atoms with Gasteiger partial charge < -0.3 is 19.7 Å². The van der Waals surface area contributed by atoms with Gasteiger partial charge in [-0.15, -0.1) is 0 Å². The smallest absolute Gasteiger partial charge is 0.262 e. The maximum Gasteiger partial charge on any atom is 0.262 e. The number of carbonyl (C=O) groups excluding carboxylic acids is 2. The van der Waals surface area contributed by atoms with E-state index in [0.717, 1.165) is 5.56 Å². The fourth-order valence-corrected chi connectivity index (χ4v) is 2.94. The first-order valence-corrected chi connectivity index (χ1v) is 9.02. The van der Waals surface area contributed by atoms with Crippen molar-refractivity contribution in [3.8, 4) is 5.75 Å². The van der Waals surface area contributed by atoms with Crippen LogP contribution in [0.4, 0.5) is 5.69 Å². The summed E-state index contributed by atoms with van der Waals surface area (Å²) in [5.41, 5.74) is 2.20. The first kappa shape index (κ1) is 18.9. The highest BCUT2D eigenvalue weighted by molar-refractivity contribution is 5.96. The lowest BCUT2D eigenvalue weighted by Crippen LogP contribution is -2.44. The van der Waals surface area contributed by atoms with Crippen LogP contribution in [0.3, 0.4) is 0 Å². The highest BCUT2D eigenvalue weighted by atomic mass is 16.5. The third-order valence-corrected chi connectivity index (χ3v) is 4.40. The van der Waals surface area contributed by atoms with Gasteiger partial charge in [0.25, 0.3) is 11.8 Å². The molecule has 1 aliphatic rings. The molecule has 1 unspecified atom stereocenters. The van der Waals surface area contributed by atoms with Crippen molar-refractivity contribution in [2.45, 2.75) is 20.0 Å². The van der Waals surface area contributed by atoms with Crippen LogP contribution in [-0.4, -0.2) is 49.1 Å². The minimum atomic E-state index is -0.251. The average Bonchev–Trinajstić information content (AvgIpc) is 2.67. The molecule has 2 aromatic rings. The van der Waals surface area contributed by atoms with Crippen molar-refractivity contribution >= 4 is 17.5 Å². The molecule has 0 bridgehead atoms. The second kappa shape index (κ2) is 8.68. The molecule has 2 aromatic carbocycles. The van der Waals surface area contributed by atoms with Crippen molar-refractivity contribution < 1.29 is 19.1 Å². The number of aryl methyl sites for hydroxylation is 1. The monoisotopic (exact) mass is 368 g/mol. The van der Waals surface area contributed by atoms with Crippen LogP contribution >= 0.6 is 0 Å². The van der Waals surface area contributed by atoms with Crippen LogP contribution in [-0.2, 0) is 9.53 Å². The van der Waals surface area contributed by atoms with E-state index in [1.165, 1.54) is 0 Å². The second-order valence-corrected chi connectivity index (χ2v) is 6.61. The van der Waals surface area contributed by atoms with Crippen molar-refractivity contribution in [3.05, 3.63) is 59.7 Å². The molecular formula is C21H24N2O4. The summed E-state index contributed by atoms with van der Waals surface area (Å²) in [6.45, 7) is 5.56. The zero-order valence-corrected chi connectivity index (χ0v) is 15.6. The number of amides is 2.